The fourth-order valence-corrected chi connectivity index (χ4v) is 3.00. The Morgan fingerprint density at radius 1 is 1.44 bits per heavy atom. The standard InChI is InChI=1S/C11H14N2O2S/c1-15-11-9(12-5-6-13-11)10(14)8-4-2-3-7-16-8/h5-6,8H,2-4,7H2,1H3. The van der Waals surface area contributed by atoms with E-state index in [1.807, 2.05) is 0 Å². The summed E-state index contributed by atoms with van der Waals surface area (Å²) in [6.07, 6.45) is 6.31. The van der Waals surface area contributed by atoms with Gasteiger partial charge in [0.15, 0.2) is 11.5 Å². The van der Waals surface area contributed by atoms with Gasteiger partial charge in [-0.2, -0.15) is 11.8 Å². The van der Waals surface area contributed by atoms with E-state index in [9.17, 15) is 4.79 Å². The Morgan fingerprint density at radius 2 is 2.25 bits per heavy atom. The van der Waals surface area contributed by atoms with Crippen molar-refractivity contribution in [2.24, 2.45) is 0 Å². The number of hydrogen-bond acceptors (Lipinski definition) is 5. The lowest BCUT2D eigenvalue weighted by Crippen LogP contribution is -2.22. The Bertz CT molecular complexity index is 378. The van der Waals surface area contributed by atoms with Crippen molar-refractivity contribution in [3.05, 3.63) is 18.1 Å². The molecule has 1 aromatic heterocycles. The zero-order valence-electron chi connectivity index (χ0n) is 9.18. The predicted octanol–water partition coefficient (Wildman–Crippen LogP) is 1.95. The molecule has 0 aromatic carbocycles. The van der Waals surface area contributed by atoms with Crippen LogP contribution in [0.5, 0.6) is 5.88 Å². The molecule has 86 valence electrons. The van der Waals surface area contributed by atoms with E-state index in [-0.39, 0.29) is 11.0 Å². The second-order valence-corrected chi connectivity index (χ2v) is 4.94. The number of nitrogens with zero attached hydrogens (tertiary/aromatic N) is 2. The van der Waals surface area contributed by atoms with E-state index in [2.05, 4.69) is 9.97 Å². The van der Waals surface area contributed by atoms with Crippen LogP contribution >= 0.6 is 11.8 Å². The number of hydrogen-bond donors (Lipinski definition) is 0. The molecule has 1 aromatic rings. The number of rotatable bonds is 3. The van der Waals surface area contributed by atoms with Gasteiger partial charge >= 0.3 is 0 Å². The van der Waals surface area contributed by atoms with Gasteiger partial charge in [0, 0.05) is 12.4 Å². The highest BCUT2D eigenvalue weighted by Gasteiger charge is 2.26. The molecule has 1 aliphatic heterocycles. The van der Waals surface area contributed by atoms with Crippen molar-refractivity contribution < 1.29 is 9.53 Å². The summed E-state index contributed by atoms with van der Waals surface area (Å²) in [6, 6.07) is 0. The highest BCUT2D eigenvalue weighted by Crippen LogP contribution is 2.29. The molecular weight excluding hydrogens is 224 g/mol. The molecule has 1 aliphatic rings. The summed E-state index contributed by atoms with van der Waals surface area (Å²) in [5, 5.41) is 0.0272. The van der Waals surface area contributed by atoms with Crippen LogP contribution in [0.1, 0.15) is 29.8 Å². The lowest BCUT2D eigenvalue weighted by Gasteiger charge is -2.19. The molecule has 5 heteroatoms. The molecular formula is C11H14N2O2S. The molecule has 1 fully saturated rings. The molecule has 1 unspecified atom stereocenters. The van der Waals surface area contributed by atoms with Crippen molar-refractivity contribution in [1.82, 2.24) is 9.97 Å². The van der Waals surface area contributed by atoms with Crippen LogP contribution < -0.4 is 4.74 Å². The monoisotopic (exact) mass is 238 g/mol. The average molecular weight is 238 g/mol. The molecule has 0 N–H and O–H groups in total. The Kier molecular flexibility index (Phi) is 3.77. The third-order valence-corrected chi connectivity index (χ3v) is 3.94. The molecule has 1 saturated heterocycles. The van der Waals surface area contributed by atoms with Crippen LogP contribution in [0.25, 0.3) is 0 Å². The molecule has 4 nitrogen and oxygen atoms in total. The first kappa shape index (κ1) is 11.4. The van der Waals surface area contributed by atoms with E-state index in [1.165, 1.54) is 25.9 Å². The average Bonchev–Trinajstić information content (AvgIpc) is 2.39. The maximum absolute atomic E-state index is 12.2. The number of carbonyl (C=O) groups is 1. The smallest absolute Gasteiger partial charge is 0.243 e. The fraction of sp³-hybridized carbons (Fsp3) is 0.545. The van der Waals surface area contributed by atoms with Crippen LogP contribution in [-0.4, -0.2) is 33.9 Å². The number of ketones is 1. The van der Waals surface area contributed by atoms with Crippen molar-refractivity contribution in [2.75, 3.05) is 12.9 Å². The van der Waals surface area contributed by atoms with E-state index in [4.69, 9.17) is 4.74 Å². The van der Waals surface area contributed by atoms with Crippen molar-refractivity contribution in [3.63, 3.8) is 0 Å². The molecule has 0 spiro atoms. The highest BCUT2D eigenvalue weighted by atomic mass is 32.2. The number of methoxy groups -OCH3 is 1. The molecule has 0 bridgehead atoms. The largest absolute Gasteiger partial charge is 0.479 e. The first-order chi connectivity index (χ1) is 7.83. The first-order valence-corrected chi connectivity index (χ1v) is 6.38. The summed E-state index contributed by atoms with van der Waals surface area (Å²) in [6.45, 7) is 0. The van der Waals surface area contributed by atoms with Gasteiger partial charge in [-0.05, 0) is 18.6 Å². The van der Waals surface area contributed by atoms with Gasteiger partial charge in [-0.15, -0.1) is 0 Å². The molecule has 0 radical (unpaired) electrons. The van der Waals surface area contributed by atoms with Crippen molar-refractivity contribution in [2.45, 2.75) is 24.5 Å². The minimum absolute atomic E-state index is 0.0272. The van der Waals surface area contributed by atoms with Crippen LogP contribution in [0.3, 0.4) is 0 Å². The minimum atomic E-state index is 0.0272. The number of aromatic nitrogens is 2. The molecule has 2 rings (SSSR count). The van der Waals surface area contributed by atoms with Crippen LogP contribution in [0.15, 0.2) is 12.4 Å². The third kappa shape index (κ3) is 2.35. The van der Waals surface area contributed by atoms with E-state index < -0.39 is 0 Å². The molecule has 0 aliphatic carbocycles. The lowest BCUT2D eigenvalue weighted by atomic mass is 10.1. The zero-order chi connectivity index (χ0) is 11.4. The summed E-state index contributed by atoms with van der Waals surface area (Å²) >= 11 is 1.71. The van der Waals surface area contributed by atoms with E-state index in [0.29, 0.717) is 11.6 Å². The third-order valence-electron chi connectivity index (χ3n) is 2.56. The summed E-state index contributed by atoms with van der Waals surface area (Å²) in [4.78, 5) is 20.2. The Hall–Kier alpha value is -1.10. The number of Topliss-reactive ketones (excluding diaryl/α,β-unsaturated/α-hetero) is 1. The van der Waals surface area contributed by atoms with Crippen molar-refractivity contribution >= 4 is 17.5 Å². The van der Waals surface area contributed by atoms with Gasteiger partial charge in [-0.3, -0.25) is 4.79 Å². The summed E-state index contributed by atoms with van der Waals surface area (Å²) in [5.41, 5.74) is 0.365. The van der Waals surface area contributed by atoms with Gasteiger partial charge < -0.3 is 4.74 Å². The number of ether oxygens (including phenoxy) is 1. The first-order valence-electron chi connectivity index (χ1n) is 5.33. The summed E-state index contributed by atoms with van der Waals surface area (Å²) in [5.74, 6) is 1.44. The normalized spacial score (nSPS) is 20.4. The molecule has 0 saturated carbocycles. The van der Waals surface area contributed by atoms with Gasteiger partial charge in [0.25, 0.3) is 0 Å². The second-order valence-electron chi connectivity index (χ2n) is 3.63. The molecule has 0 amide bonds. The van der Waals surface area contributed by atoms with Gasteiger partial charge in [0.2, 0.25) is 5.88 Å². The highest BCUT2D eigenvalue weighted by molar-refractivity contribution is 8.00. The molecule has 2 heterocycles. The van der Waals surface area contributed by atoms with Crippen molar-refractivity contribution in [1.29, 1.82) is 0 Å². The van der Waals surface area contributed by atoms with E-state index >= 15 is 0 Å². The van der Waals surface area contributed by atoms with Gasteiger partial charge in [0.1, 0.15) is 0 Å². The predicted molar refractivity (Wildman–Crippen MR) is 63.0 cm³/mol. The molecule has 1 atom stereocenters. The fourth-order valence-electron chi connectivity index (χ4n) is 1.74. The minimum Gasteiger partial charge on any atom is -0.479 e. The Morgan fingerprint density at radius 3 is 2.94 bits per heavy atom. The second kappa shape index (κ2) is 5.30. The number of thioether (sulfide) groups is 1. The maximum atomic E-state index is 12.2. The Balaban J connectivity index is 2.19. The van der Waals surface area contributed by atoms with Crippen LogP contribution in [-0.2, 0) is 0 Å². The van der Waals surface area contributed by atoms with Gasteiger partial charge in [-0.1, -0.05) is 6.42 Å². The van der Waals surface area contributed by atoms with Crippen LogP contribution in [0.4, 0.5) is 0 Å². The van der Waals surface area contributed by atoms with E-state index in [1.54, 1.807) is 11.8 Å². The number of carbonyl (C=O) groups excluding carboxylic acids is 1. The van der Waals surface area contributed by atoms with Crippen LogP contribution in [0.2, 0.25) is 0 Å². The van der Waals surface area contributed by atoms with E-state index in [0.717, 1.165) is 18.6 Å². The quantitative estimate of drug-likeness (QED) is 0.753. The Labute approximate surface area is 98.8 Å². The van der Waals surface area contributed by atoms with Crippen LogP contribution in [0, 0.1) is 0 Å². The summed E-state index contributed by atoms with van der Waals surface area (Å²) < 4.78 is 5.05. The zero-order valence-corrected chi connectivity index (χ0v) is 10.00. The molecule has 16 heavy (non-hydrogen) atoms. The SMILES string of the molecule is COc1nccnc1C(=O)C1CCCCS1. The maximum Gasteiger partial charge on any atom is 0.243 e. The lowest BCUT2D eigenvalue weighted by molar-refractivity contribution is 0.0976. The topological polar surface area (TPSA) is 52.1 Å². The van der Waals surface area contributed by atoms with Crippen molar-refractivity contribution in [3.8, 4) is 5.88 Å². The summed E-state index contributed by atoms with van der Waals surface area (Å²) in [7, 11) is 1.51. The van der Waals surface area contributed by atoms with Gasteiger partial charge in [0.05, 0.1) is 12.4 Å². The van der Waals surface area contributed by atoms with Gasteiger partial charge in [-0.25, -0.2) is 9.97 Å².